The zero-order chi connectivity index (χ0) is 18.8. The lowest BCUT2D eigenvalue weighted by Gasteiger charge is -2.41. The molecule has 0 aromatic heterocycles. The topological polar surface area (TPSA) is 0 Å². The number of hydrogen-bond donors (Lipinski definition) is 0. The fourth-order valence-corrected chi connectivity index (χ4v) is 5.75. The summed E-state index contributed by atoms with van der Waals surface area (Å²) in [5.74, 6) is 0.468. The van der Waals surface area contributed by atoms with E-state index in [-0.39, 0.29) is 10.8 Å². The number of allylic oxidation sites excluding steroid dienone is 4. The molecule has 5 rings (SSSR count). The summed E-state index contributed by atoms with van der Waals surface area (Å²) in [6.07, 6.45) is 9.22. The molecular formula is C26H23I. The summed E-state index contributed by atoms with van der Waals surface area (Å²) in [5.41, 5.74) is 5.87. The van der Waals surface area contributed by atoms with E-state index in [1.165, 1.54) is 36.6 Å². The summed E-state index contributed by atoms with van der Waals surface area (Å²) < 4.78 is 1.31. The molecule has 0 amide bonds. The molecule has 0 N–H and O–H groups in total. The number of halogens is 1. The highest BCUT2D eigenvalue weighted by molar-refractivity contribution is 14.1. The summed E-state index contributed by atoms with van der Waals surface area (Å²) in [6, 6.07) is 20.4. The van der Waals surface area contributed by atoms with Crippen LogP contribution < -0.4 is 0 Å². The minimum Gasteiger partial charge on any atom is -0.0768 e. The van der Waals surface area contributed by atoms with Crippen LogP contribution in [0.5, 0.6) is 0 Å². The second-order valence-corrected chi connectivity index (χ2v) is 9.73. The smallest absolute Gasteiger partial charge is 0.0209 e. The minimum absolute atomic E-state index is 0.100. The zero-order valence-electron chi connectivity index (χ0n) is 16.0. The fraction of sp³-hybridized carbons (Fsp3) is 0.231. The van der Waals surface area contributed by atoms with Gasteiger partial charge in [0, 0.05) is 14.9 Å². The van der Waals surface area contributed by atoms with Gasteiger partial charge in [-0.2, -0.15) is 0 Å². The third-order valence-corrected chi connectivity index (χ3v) is 8.03. The van der Waals surface area contributed by atoms with E-state index in [1.54, 1.807) is 0 Å². The van der Waals surface area contributed by atoms with E-state index >= 15 is 0 Å². The van der Waals surface area contributed by atoms with Crippen LogP contribution in [0.25, 0.3) is 21.9 Å². The molecule has 0 spiro atoms. The SMILES string of the molecule is CC1(C)c2cc(-c3ccc(I)c4ccccc34)ccc2C2C=CC=C[C@]21C. The average Bonchev–Trinajstić information content (AvgIpc) is 2.85. The van der Waals surface area contributed by atoms with Gasteiger partial charge < -0.3 is 0 Å². The predicted molar refractivity (Wildman–Crippen MR) is 124 cm³/mol. The van der Waals surface area contributed by atoms with E-state index in [1.807, 2.05) is 0 Å². The van der Waals surface area contributed by atoms with Crippen molar-refractivity contribution in [1.29, 1.82) is 0 Å². The van der Waals surface area contributed by atoms with Crippen molar-refractivity contribution in [3.8, 4) is 11.1 Å². The fourth-order valence-electron chi connectivity index (χ4n) is 5.10. The van der Waals surface area contributed by atoms with Gasteiger partial charge in [0.15, 0.2) is 0 Å². The first-order chi connectivity index (χ1) is 12.9. The highest BCUT2D eigenvalue weighted by Crippen LogP contribution is 2.61. The van der Waals surface area contributed by atoms with Crippen LogP contribution in [0.4, 0.5) is 0 Å². The highest BCUT2D eigenvalue weighted by Gasteiger charge is 2.53. The first-order valence-corrected chi connectivity index (χ1v) is 10.7. The van der Waals surface area contributed by atoms with Gasteiger partial charge in [-0.25, -0.2) is 0 Å². The molecule has 0 heterocycles. The Morgan fingerprint density at radius 3 is 2.44 bits per heavy atom. The molecule has 2 atom stereocenters. The van der Waals surface area contributed by atoms with Gasteiger partial charge in [-0.3, -0.25) is 0 Å². The van der Waals surface area contributed by atoms with Crippen molar-refractivity contribution in [2.75, 3.05) is 0 Å². The minimum atomic E-state index is 0.100. The molecule has 27 heavy (non-hydrogen) atoms. The Bertz CT molecular complexity index is 1130. The Morgan fingerprint density at radius 1 is 0.852 bits per heavy atom. The van der Waals surface area contributed by atoms with Gasteiger partial charge in [-0.05, 0) is 67.1 Å². The van der Waals surface area contributed by atoms with Crippen LogP contribution in [-0.2, 0) is 5.41 Å². The standard InChI is InChI=1S/C26H23I/c1-25(2)23-16-17(11-12-21(23)22-10-6-7-15-26(22,25)3)18-13-14-24(27)20-9-5-4-8-19(18)20/h4-16,22H,1-3H3/t22?,26-/m1/s1. The van der Waals surface area contributed by atoms with E-state index in [4.69, 9.17) is 0 Å². The molecule has 1 heteroatoms. The van der Waals surface area contributed by atoms with E-state index < -0.39 is 0 Å². The monoisotopic (exact) mass is 462 g/mol. The molecule has 134 valence electrons. The first kappa shape index (κ1) is 17.2. The molecule has 0 saturated carbocycles. The molecule has 0 radical (unpaired) electrons. The molecule has 2 aliphatic carbocycles. The molecule has 0 nitrogen and oxygen atoms in total. The maximum absolute atomic E-state index is 2.45. The molecule has 3 aromatic rings. The maximum atomic E-state index is 2.45. The van der Waals surface area contributed by atoms with Gasteiger partial charge in [-0.1, -0.05) is 93.6 Å². The summed E-state index contributed by atoms with van der Waals surface area (Å²) in [4.78, 5) is 0. The van der Waals surface area contributed by atoms with Gasteiger partial charge in [-0.15, -0.1) is 0 Å². The second kappa shape index (κ2) is 5.81. The molecule has 0 fully saturated rings. The van der Waals surface area contributed by atoms with E-state index in [0.717, 1.165) is 0 Å². The molecule has 1 unspecified atom stereocenters. The summed E-state index contributed by atoms with van der Waals surface area (Å²) >= 11 is 2.44. The molecule has 0 aliphatic heterocycles. The van der Waals surface area contributed by atoms with Crippen molar-refractivity contribution in [2.24, 2.45) is 5.41 Å². The number of benzene rings is 3. The number of hydrogen-bond acceptors (Lipinski definition) is 0. The van der Waals surface area contributed by atoms with Crippen LogP contribution in [-0.4, -0.2) is 0 Å². The Balaban J connectivity index is 1.74. The number of rotatable bonds is 1. The van der Waals surface area contributed by atoms with Crippen LogP contribution in [0.2, 0.25) is 0 Å². The molecule has 0 saturated heterocycles. The van der Waals surface area contributed by atoms with Gasteiger partial charge >= 0.3 is 0 Å². The lowest BCUT2D eigenvalue weighted by atomic mass is 9.62. The van der Waals surface area contributed by atoms with Crippen LogP contribution in [0.15, 0.2) is 78.9 Å². The van der Waals surface area contributed by atoms with Crippen LogP contribution in [0, 0.1) is 8.99 Å². The Kier molecular flexibility index (Phi) is 3.71. The number of fused-ring (bicyclic) bond motifs is 4. The van der Waals surface area contributed by atoms with Gasteiger partial charge in [0.05, 0.1) is 0 Å². The van der Waals surface area contributed by atoms with Crippen molar-refractivity contribution in [2.45, 2.75) is 32.1 Å². The lowest BCUT2D eigenvalue weighted by molar-refractivity contribution is 0.245. The van der Waals surface area contributed by atoms with E-state index in [0.29, 0.717) is 5.92 Å². The van der Waals surface area contributed by atoms with Crippen LogP contribution >= 0.6 is 22.6 Å². The summed E-state index contributed by atoms with van der Waals surface area (Å²) in [6.45, 7) is 7.23. The van der Waals surface area contributed by atoms with Gasteiger partial charge in [0.25, 0.3) is 0 Å². The van der Waals surface area contributed by atoms with Crippen molar-refractivity contribution in [3.63, 3.8) is 0 Å². The average molecular weight is 462 g/mol. The van der Waals surface area contributed by atoms with Crippen LogP contribution in [0.3, 0.4) is 0 Å². The predicted octanol–water partition coefficient (Wildman–Crippen LogP) is 7.62. The van der Waals surface area contributed by atoms with Gasteiger partial charge in [0.1, 0.15) is 0 Å². The summed E-state index contributed by atoms with van der Waals surface area (Å²) in [7, 11) is 0. The van der Waals surface area contributed by atoms with Gasteiger partial charge in [0.2, 0.25) is 0 Å². The van der Waals surface area contributed by atoms with Crippen molar-refractivity contribution in [1.82, 2.24) is 0 Å². The second-order valence-electron chi connectivity index (χ2n) is 8.57. The molecular weight excluding hydrogens is 439 g/mol. The maximum Gasteiger partial charge on any atom is 0.0209 e. The first-order valence-electron chi connectivity index (χ1n) is 9.61. The van der Waals surface area contributed by atoms with Crippen LogP contribution in [0.1, 0.15) is 37.8 Å². The van der Waals surface area contributed by atoms with Crippen molar-refractivity contribution in [3.05, 3.63) is 93.6 Å². The largest absolute Gasteiger partial charge is 0.0768 e. The Hall–Kier alpha value is -1.87. The Labute approximate surface area is 175 Å². The van der Waals surface area contributed by atoms with E-state index in [2.05, 4.69) is 122 Å². The molecule has 2 aliphatic rings. The normalized spacial score (nSPS) is 24.8. The zero-order valence-corrected chi connectivity index (χ0v) is 18.1. The molecule has 3 aromatic carbocycles. The quantitative estimate of drug-likeness (QED) is 0.327. The third-order valence-electron chi connectivity index (χ3n) is 7.09. The van der Waals surface area contributed by atoms with Crippen molar-refractivity contribution < 1.29 is 0 Å². The molecule has 0 bridgehead atoms. The lowest BCUT2D eigenvalue weighted by Crippen LogP contribution is -2.36. The summed E-state index contributed by atoms with van der Waals surface area (Å²) in [5, 5.41) is 2.67. The third kappa shape index (κ3) is 2.27. The Morgan fingerprint density at radius 2 is 1.63 bits per heavy atom. The van der Waals surface area contributed by atoms with E-state index in [9.17, 15) is 0 Å². The highest BCUT2D eigenvalue weighted by atomic mass is 127. The van der Waals surface area contributed by atoms with Crippen molar-refractivity contribution >= 4 is 33.4 Å².